The van der Waals surface area contributed by atoms with E-state index in [9.17, 15) is 9.90 Å². The zero-order valence-electron chi connectivity index (χ0n) is 12.9. The minimum atomic E-state index is -0.907. The second-order valence-corrected chi connectivity index (χ2v) is 6.59. The molecule has 122 valence electrons. The maximum absolute atomic E-state index is 11.4. The van der Waals surface area contributed by atoms with Crippen molar-refractivity contribution in [1.29, 1.82) is 0 Å². The van der Waals surface area contributed by atoms with Crippen LogP contribution in [0, 0.1) is 5.92 Å². The van der Waals surface area contributed by atoms with Gasteiger partial charge in [-0.3, -0.25) is 4.79 Å². The first-order chi connectivity index (χ1) is 10.5. The van der Waals surface area contributed by atoms with Gasteiger partial charge in [-0.1, -0.05) is 23.7 Å². The lowest BCUT2D eigenvalue weighted by molar-refractivity contribution is -0.118. The molecule has 0 aromatic heterocycles. The second kappa shape index (κ2) is 7.95. The van der Waals surface area contributed by atoms with Crippen molar-refractivity contribution in [2.24, 2.45) is 11.7 Å². The Bertz CT molecular complexity index is 503. The van der Waals surface area contributed by atoms with Gasteiger partial charge in [0.15, 0.2) is 0 Å². The number of rotatable bonds is 7. The standard InChI is InChI=1S/C17H25ClN2O2/c18-15-7-3-5-13(11-15)17(22,9-2-1-8-16(19)21)14-6-4-10-20-12-14/h3,5,7,11,14,20,22H,1-2,4,6,8-10,12H2,(H2,19,21)/t14-,17-/m1/s1. The summed E-state index contributed by atoms with van der Waals surface area (Å²) in [4.78, 5) is 10.9. The van der Waals surface area contributed by atoms with Crippen molar-refractivity contribution in [3.05, 3.63) is 34.9 Å². The molecular formula is C17H25ClN2O2. The third-order valence-corrected chi connectivity index (χ3v) is 4.76. The van der Waals surface area contributed by atoms with Crippen molar-refractivity contribution in [3.63, 3.8) is 0 Å². The van der Waals surface area contributed by atoms with Crippen molar-refractivity contribution in [2.45, 2.75) is 44.1 Å². The Morgan fingerprint density at radius 2 is 2.27 bits per heavy atom. The molecular weight excluding hydrogens is 300 g/mol. The first kappa shape index (κ1) is 17.3. The van der Waals surface area contributed by atoms with Crippen LogP contribution in [0.5, 0.6) is 0 Å². The molecule has 0 radical (unpaired) electrons. The summed E-state index contributed by atoms with van der Waals surface area (Å²) in [5.74, 6) is -0.126. The third-order valence-electron chi connectivity index (χ3n) is 4.53. The molecule has 1 aliphatic heterocycles. The topological polar surface area (TPSA) is 75.4 Å². The van der Waals surface area contributed by atoms with Crippen LogP contribution in [0.2, 0.25) is 5.02 Å². The Kier molecular flexibility index (Phi) is 6.24. The maximum Gasteiger partial charge on any atom is 0.217 e. The van der Waals surface area contributed by atoms with Crippen LogP contribution >= 0.6 is 11.6 Å². The monoisotopic (exact) mass is 324 g/mol. The molecule has 2 rings (SSSR count). The number of unbranched alkanes of at least 4 members (excludes halogenated alkanes) is 1. The van der Waals surface area contributed by atoms with Gasteiger partial charge in [0.1, 0.15) is 0 Å². The van der Waals surface area contributed by atoms with E-state index in [0.717, 1.165) is 37.9 Å². The molecule has 0 aliphatic carbocycles. The first-order valence-electron chi connectivity index (χ1n) is 8.00. The summed E-state index contributed by atoms with van der Waals surface area (Å²) < 4.78 is 0. The van der Waals surface area contributed by atoms with Crippen LogP contribution in [0.4, 0.5) is 0 Å². The predicted molar refractivity (Wildman–Crippen MR) is 88.6 cm³/mol. The molecule has 1 heterocycles. The summed E-state index contributed by atoms with van der Waals surface area (Å²) >= 11 is 6.10. The fourth-order valence-corrected chi connectivity index (χ4v) is 3.49. The number of carbonyl (C=O) groups is 1. The number of nitrogens with two attached hydrogens (primary N) is 1. The smallest absolute Gasteiger partial charge is 0.217 e. The normalized spacial score (nSPS) is 21.3. The Labute approximate surface area is 137 Å². The molecule has 0 bridgehead atoms. The lowest BCUT2D eigenvalue weighted by Gasteiger charge is -2.39. The van der Waals surface area contributed by atoms with Gasteiger partial charge in [0.2, 0.25) is 5.91 Å². The Morgan fingerprint density at radius 3 is 2.91 bits per heavy atom. The number of nitrogens with one attached hydrogen (secondary N) is 1. The van der Waals surface area contributed by atoms with E-state index in [1.54, 1.807) is 0 Å². The highest BCUT2D eigenvalue weighted by molar-refractivity contribution is 6.30. The van der Waals surface area contributed by atoms with Crippen molar-refractivity contribution in [1.82, 2.24) is 5.32 Å². The van der Waals surface area contributed by atoms with Gasteiger partial charge in [0.25, 0.3) is 0 Å². The second-order valence-electron chi connectivity index (χ2n) is 6.15. The largest absolute Gasteiger partial charge is 0.385 e. The summed E-state index contributed by atoms with van der Waals surface area (Å²) in [6.07, 6.45) is 4.52. The molecule has 1 amide bonds. The number of benzene rings is 1. The lowest BCUT2D eigenvalue weighted by atomic mass is 9.74. The van der Waals surface area contributed by atoms with Gasteiger partial charge in [-0.2, -0.15) is 0 Å². The molecule has 4 N–H and O–H groups in total. The van der Waals surface area contributed by atoms with Crippen LogP contribution in [-0.2, 0) is 10.4 Å². The summed E-state index contributed by atoms with van der Waals surface area (Å²) in [6.45, 7) is 1.81. The fraction of sp³-hybridized carbons (Fsp3) is 0.588. The SMILES string of the molecule is NC(=O)CCCC[C@@](O)(c1cccc(Cl)c1)[C@@H]1CCCNC1. The number of hydrogen-bond acceptors (Lipinski definition) is 3. The predicted octanol–water partition coefficient (Wildman–Crippen LogP) is 2.57. The number of carbonyl (C=O) groups excluding carboxylic acids is 1. The molecule has 4 nitrogen and oxygen atoms in total. The van der Waals surface area contributed by atoms with Gasteiger partial charge >= 0.3 is 0 Å². The zero-order valence-corrected chi connectivity index (χ0v) is 13.6. The molecule has 1 aliphatic rings. The number of amides is 1. The van der Waals surface area contributed by atoms with Crippen LogP contribution in [0.25, 0.3) is 0 Å². The van der Waals surface area contributed by atoms with Gasteiger partial charge in [-0.15, -0.1) is 0 Å². The molecule has 5 heteroatoms. The van der Waals surface area contributed by atoms with E-state index in [-0.39, 0.29) is 11.8 Å². The van der Waals surface area contributed by atoms with Gasteiger partial charge in [0.05, 0.1) is 5.60 Å². The molecule has 1 fully saturated rings. The van der Waals surface area contributed by atoms with Crippen molar-refractivity contribution < 1.29 is 9.90 Å². The van der Waals surface area contributed by atoms with Crippen LogP contribution in [0.3, 0.4) is 0 Å². The van der Waals surface area contributed by atoms with Gasteiger partial charge in [-0.25, -0.2) is 0 Å². The average molecular weight is 325 g/mol. The highest BCUT2D eigenvalue weighted by Crippen LogP contribution is 2.39. The Hall–Kier alpha value is -1.10. The number of hydrogen-bond donors (Lipinski definition) is 3. The van der Waals surface area contributed by atoms with Crippen molar-refractivity contribution >= 4 is 17.5 Å². The van der Waals surface area contributed by atoms with Gasteiger partial charge in [-0.05, 0) is 56.3 Å². The summed E-state index contributed by atoms with van der Waals surface area (Å²) in [6, 6.07) is 7.48. The first-order valence-corrected chi connectivity index (χ1v) is 8.37. The molecule has 0 unspecified atom stereocenters. The van der Waals surface area contributed by atoms with E-state index in [1.165, 1.54) is 0 Å². The van der Waals surface area contributed by atoms with Crippen molar-refractivity contribution in [3.8, 4) is 0 Å². The summed E-state index contributed by atoms with van der Waals surface area (Å²) in [5, 5.41) is 15.4. The van der Waals surface area contributed by atoms with E-state index >= 15 is 0 Å². The molecule has 1 saturated heterocycles. The molecule has 0 spiro atoms. The van der Waals surface area contributed by atoms with E-state index in [0.29, 0.717) is 24.3 Å². The third kappa shape index (κ3) is 4.45. The van der Waals surface area contributed by atoms with Crippen molar-refractivity contribution in [2.75, 3.05) is 13.1 Å². The number of aliphatic hydroxyl groups is 1. The van der Waals surface area contributed by atoms with Gasteiger partial charge < -0.3 is 16.2 Å². The minimum Gasteiger partial charge on any atom is -0.385 e. The Morgan fingerprint density at radius 1 is 1.45 bits per heavy atom. The molecule has 2 atom stereocenters. The summed E-state index contributed by atoms with van der Waals surface area (Å²) in [5.41, 5.74) is 5.15. The summed E-state index contributed by atoms with van der Waals surface area (Å²) in [7, 11) is 0. The lowest BCUT2D eigenvalue weighted by Crippen LogP contribution is -2.44. The molecule has 22 heavy (non-hydrogen) atoms. The molecule has 1 aromatic rings. The van der Waals surface area contributed by atoms with Gasteiger partial charge in [0, 0.05) is 23.9 Å². The quantitative estimate of drug-likeness (QED) is 0.675. The minimum absolute atomic E-state index is 0.160. The van der Waals surface area contributed by atoms with Crippen LogP contribution in [-0.4, -0.2) is 24.1 Å². The molecule has 1 aromatic carbocycles. The van der Waals surface area contributed by atoms with Crippen LogP contribution in [0.15, 0.2) is 24.3 Å². The zero-order chi connectivity index (χ0) is 16.0. The Balaban J connectivity index is 2.13. The number of piperidine rings is 1. The maximum atomic E-state index is 11.4. The van der Waals surface area contributed by atoms with Crippen LogP contribution < -0.4 is 11.1 Å². The highest BCUT2D eigenvalue weighted by atomic mass is 35.5. The van der Waals surface area contributed by atoms with E-state index in [4.69, 9.17) is 17.3 Å². The number of halogens is 1. The number of primary amides is 1. The average Bonchev–Trinajstić information content (AvgIpc) is 2.52. The highest BCUT2D eigenvalue weighted by Gasteiger charge is 2.38. The van der Waals surface area contributed by atoms with Crippen LogP contribution in [0.1, 0.15) is 44.1 Å². The van der Waals surface area contributed by atoms with E-state index in [2.05, 4.69) is 5.32 Å². The molecule has 0 saturated carbocycles. The van der Waals surface area contributed by atoms with E-state index in [1.807, 2.05) is 24.3 Å². The van der Waals surface area contributed by atoms with E-state index < -0.39 is 5.60 Å². The fourth-order valence-electron chi connectivity index (χ4n) is 3.30.